The molecule has 2 heterocycles. The number of hydrogen-bond acceptors (Lipinski definition) is 7. The highest BCUT2D eigenvalue weighted by atomic mass is 32.2. The van der Waals surface area contributed by atoms with Crippen LogP contribution in [0.1, 0.15) is 13.8 Å². The van der Waals surface area contributed by atoms with E-state index >= 15 is 0 Å². The molecule has 2 aliphatic heterocycles. The number of likely N-dealkylation sites (N-methyl/N-ethyl adjacent to an activating group) is 1. The van der Waals surface area contributed by atoms with Gasteiger partial charge in [0, 0.05) is 6.54 Å². The molecule has 2 fully saturated rings. The van der Waals surface area contributed by atoms with Crippen LogP contribution in [0.2, 0.25) is 0 Å². The van der Waals surface area contributed by atoms with Gasteiger partial charge in [0.05, 0.1) is 17.4 Å². The zero-order valence-corrected chi connectivity index (χ0v) is 14.0. The number of ether oxygens (including phenoxy) is 1. The molecule has 2 saturated heterocycles. The van der Waals surface area contributed by atoms with Gasteiger partial charge >= 0.3 is 5.97 Å². The number of carbonyl (C=O) groups excluding carboxylic acids is 3. The summed E-state index contributed by atoms with van der Waals surface area (Å²) in [6, 6.07) is 0. The Kier molecular flexibility index (Phi) is 5.28. The SMILES string of the molecule is CCOC(=O)CN1C(=O)CSC1=C1SC(=S)N(CC)C1=O. The Hall–Kier alpha value is -1.06. The Morgan fingerprint density at radius 2 is 2.05 bits per heavy atom. The molecular formula is C12H14N2O4S3. The minimum atomic E-state index is -0.489. The predicted molar refractivity (Wildman–Crippen MR) is 85.4 cm³/mol. The smallest absolute Gasteiger partial charge is 0.326 e. The van der Waals surface area contributed by atoms with Gasteiger partial charge in [-0.15, -0.1) is 0 Å². The van der Waals surface area contributed by atoms with Gasteiger partial charge in [-0.3, -0.25) is 24.2 Å². The van der Waals surface area contributed by atoms with E-state index in [-0.39, 0.29) is 30.7 Å². The first-order valence-corrected chi connectivity index (χ1v) is 8.57. The van der Waals surface area contributed by atoms with Gasteiger partial charge in [0.1, 0.15) is 15.8 Å². The summed E-state index contributed by atoms with van der Waals surface area (Å²) in [4.78, 5) is 39.0. The zero-order chi connectivity index (χ0) is 15.6. The van der Waals surface area contributed by atoms with E-state index in [1.165, 1.54) is 33.3 Å². The van der Waals surface area contributed by atoms with Crippen LogP contribution in [0, 0.1) is 0 Å². The molecule has 0 unspecified atom stereocenters. The van der Waals surface area contributed by atoms with Crippen LogP contribution in [0.15, 0.2) is 9.93 Å². The molecule has 0 aromatic rings. The molecule has 9 heteroatoms. The Morgan fingerprint density at radius 1 is 1.33 bits per heavy atom. The van der Waals surface area contributed by atoms with Gasteiger partial charge < -0.3 is 4.74 Å². The zero-order valence-electron chi connectivity index (χ0n) is 11.6. The lowest BCUT2D eigenvalue weighted by molar-refractivity contribution is -0.146. The van der Waals surface area contributed by atoms with E-state index in [1.54, 1.807) is 6.92 Å². The van der Waals surface area contributed by atoms with Gasteiger partial charge in [0.15, 0.2) is 0 Å². The Labute approximate surface area is 136 Å². The Bertz CT molecular complexity index is 547. The van der Waals surface area contributed by atoms with Crippen molar-refractivity contribution < 1.29 is 19.1 Å². The Balaban J connectivity index is 2.27. The summed E-state index contributed by atoms with van der Waals surface area (Å²) < 4.78 is 5.33. The normalized spacial score (nSPS) is 22.5. The number of nitrogens with zero attached hydrogens (tertiary/aromatic N) is 2. The van der Waals surface area contributed by atoms with Crippen LogP contribution in [0.5, 0.6) is 0 Å². The second-order valence-electron chi connectivity index (χ2n) is 4.13. The lowest BCUT2D eigenvalue weighted by Gasteiger charge is -2.17. The fourth-order valence-electron chi connectivity index (χ4n) is 1.88. The van der Waals surface area contributed by atoms with Gasteiger partial charge in [-0.25, -0.2) is 0 Å². The van der Waals surface area contributed by atoms with Crippen LogP contribution in [-0.2, 0) is 19.1 Å². The second-order valence-corrected chi connectivity index (χ2v) is 6.73. The van der Waals surface area contributed by atoms with E-state index in [1.807, 2.05) is 6.92 Å². The van der Waals surface area contributed by atoms with Crippen molar-refractivity contribution in [3.8, 4) is 0 Å². The maximum absolute atomic E-state index is 12.3. The molecule has 6 nitrogen and oxygen atoms in total. The summed E-state index contributed by atoms with van der Waals surface area (Å²) in [5.74, 6) is -0.689. The summed E-state index contributed by atoms with van der Waals surface area (Å²) in [5.41, 5.74) is 0. The molecule has 0 aromatic carbocycles. The van der Waals surface area contributed by atoms with Gasteiger partial charge in [-0.2, -0.15) is 0 Å². The van der Waals surface area contributed by atoms with E-state index in [9.17, 15) is 14.4 Å². The average molecular weight is 346 g/mol. The van der Waals surface area contributed by atoms with Crippen molar-refractivity contribution >= 4 is 57.8 Å². The molecule has 0 radical (unpaired) electrons. The molecule has 0 saturated carbocycles. The van der Waals surface area contributed by atoms with Gasteiger partial charge in [0.2, 0.25) is 5.91 Å². The number of esters is 1. The molecule has 0 N–H and O–H groups in total. The lowest BCUT2D eigenvalue weighted by Crippen LogP contribution is -2.33. The highest BCUT2D eigenvalue weighted by molar-refractivity contribution is 8.27. The molecule has 0 atom stereocenters. The van der Waals surface area contributed by atoms with Crippen molar-refractivity contribution in [2.24, 2.45) is 0 Å². The van der Waals surface area contributed by atoms with E-state index in [2.05, 4.69) is 0 Å². The molecule has 21 heavy (non-hydrogen) atoms. The van der Waals surface area contributed by atoms with Crippen LogP contribution >= 0.6 is 35.7 Å². The third-order valence-electron chi connectivity index (χ3n) is 2.83. The maximum atomic E-state index is 12.3. The van der Waals surface area contributed by atoms with Crippen molar-refractivity contribution in [1.82, 2.24) is 9.80 Å². The minimum absolute atomic E-state index is 0.175. The van der Waals surface area contributed by atoms with Gasteiger partial charge in [0.25, 0.3) is 5.91 Å². The molecule has 2 rings (SSSR count). The number of thioether (sulfide) groups is 2. The number of hydrogen-bond donors (Lipinski definition) is 0. The summed E-state index contributed by atoms with van der Waals surface area (Å²) in [6.45, 7) is 4.10. The third-order valence-corrected chi connectivity index (χ3v) is 5.49. The number of carbonyl (C=O) groups is 3. The molecule has 0 spiro atoms. The number of rotatable bonds is 4. The standard InChI is InChI=1S/C12H14N2O4S3/c1-3-13-10(17)9(21-12(13)19)11-14(7(15)6-20-11)5-8(16)18-4-2/h3-6H2,1-2H3. The van der Waals surface area contributed by atoms with E-state index in [0.29, 0.717) is 20.8 Å². The molecule has 2 aliphatic rings. The third kappa shape index (κ3) is 3.24. The molecule has 0 aromatic heterocycles. The van der Waals surface area contributed by atoms with Crippen molar-refractivity contribution in [1.29, 1.82) is 0 Å². The fourth-order valence-corrected chi connectivity index (χ4v) is 4.49. The topological polar surface area (TPSA) is 66.9 Å². The highest BCUT2D eigenvalue weighted by Crippen LogP contribution is 2.41. The van der Waals surface area contributed by atoms with Crippen LogP contribution in [0.25, 0.3) is 0 Å². The average Bonchev–Trinajstić information content (AvgIpc) is 2.91. The van der Waals surface area contributed by atoms with Crippen molar-refractivity contribution in [2.45, 2.75) is 13.8 Å². The van der Waals surface area contributed by atoms with Crippen LogP contribution in [0.4, 0.5) is 0 Å². The molecule has 0 bridgehead atoms. The first kappa shape index (κ1) is 16.3. The number of thiocarbonyl (C=S) groups is 1. The lowest BCUT2D eigenvalue weighted by atomic mass is 10.4. The summed E-state index contributed by atoms with van der Waals surface area (Å²) in [7, 11) is 0. The quantitative estimate of drug-likeness (QED) is 0.430. The second kappa shape index (κ2) is 6.80. The molecule has 2 amide bonds. The molecule has 114 valence electrons. The van der Waals surface area contributed by atoms with E-state index in [0.717, 1.165) is 0 Å². The monoisotopic (exact) mass is 346 g/mol. The first-order valence-electron chi connectivity index (χ1n) is 6.36. The summed E-state index contributed by atoms with van der Waals surface area (Å²) in [5, 5.41) is 0.501. The van der Waals surface area contributed by atoms with Crippen LogP contribution < -0.4 is 0 Å². The van der Waals surface area contributed by atoms with Crippen LogP contribution in [0.3, 0.4) is 0 Å². The largest absolute Gasteiger partial charge is 0.465 e. The Morgan fingerprint density at radius 3 is 2.62 bits per heavy atom. The minimum Gasteiger partial charge on any atom is -0.465 e. The molecule has 0 aliphatic carbocycles. The predicted octanol–water partition coefficient (Wildman–Crippen LogP) is 1.17. The van der Waals surface area contributed by atoms with Crippen LogP contribution in [-0.4, -0.2) is 57.4 Å². The maximum Gasteiger partial charge on any atom is 0.326 e. The first-order chi connectivity index (χ1) is 9.99. The summed E-state index contributed by atoms with van der Waals surface area (Å²) in [6.07, 6.45) is 0. The number of amides is 2. The van der Waals surface area contributed by atoms with Crippen molar-refractivity contribution in [2.75, 3.05) is 25.4 Å². The fraction of sp³-hybridized carbons (Fsp3) is 0.500. The highest BCUT2D eigenvalue weighted by Gasteiger charge is 2.39. The van der Waals surface area contributed by atoms with Gasteiger partial charge in [-0.1, -0.05) is 35.7 Å². The summed E-state index contributed by atoms with van der Waals surface area (Å²) >= 11 is 7.58. The van der Waals surface area contributed by atoms with Gasteiger partial charge in [-0.05, 0) is 13.8 Å². The molecular weight excluding hydrogens is 332 g/mol. The van der Waals surface area contributed by atoms with Crippen molar-refractivity contribution in [3.05, 3.63) is 9.93 Å². The van der Waals surface area contributed by atoms with Crippen molar-refractivity contribution in [3.63, 3.8) is 0 Å². The van der Waals surface area contributed by atoms with E-state index in [4.69, 9.17) is 17.0 Å². The van der Waals surface area contributed by atoms with E-state index < -0.39 is 5.97 Å².